The van der Waals surface area contributed by atoms with Gasteiger partial charge < -0.3 is 14.6 Å². The van der Waals surface area contributed by atoms with Crippen LogP contribution < -0.4 is 10.1 Å². The number of hydrogen-bond acceptors (Lipinski definition) is 5. The Morgan fingerprint density at radius 2 is 1.66 bits per heavy atom. The van der Waals surface area contributed by atoms with Crippen molar-refractivity contribution in [2.24, 2.45) is 0 Å². The Bertz CT molecular complexity index is 1300. The van der Waals surface area contributed by atoms with Crippen LogP contribution in [0.3, 0.4) is 0 Å². The first-order valence-corrected chi connectivity index (χ1v) is 10.1. The second kappa shape index (κ2) is 8.22. The molecule has 1 N–H and O–H groups in total. The predicted molar refractivity (Wildman–Crippen MR) is 113 cm³/mol. The summed E-state index contributed by atoms with van der Waals surface area (Å²) < 4.78 is 37.4. The first-order chi connectivity index (χ1) is 15.5. The molecule has 1 aliphatic heterocycles. The van der Waals surface area contributed by atoms with Gasteiger partial charge in [-0.15, -0.1) is 0 Å². The highest BCUT2D eigenvalue weighted by Crippen LogP contribution is 2.30. The molecule has 4 aromatic rings. The molecule has 0 bridgehead atoms. The fraction of sp³-hybridized carbons (Fsp3) is 0.125. The minimum atomic E-state index is -0.973. The van der Waals surface area contributed by atoms with Crippen molar-refractivity contribution in [3.8, 4) is 34.3 Å². The van der Waals surface area contributed by atoms with Gasteiger partial charge in [0.25, 0.3) is 5.89 Å². The summed E-state index contributed by atoms with van der Waals surface area (Å²) in [6, 6.07) is 15.8. The van der Waals surface area contributed by atoms with E-state index in [-0.39, 0.29) is 11.7 Å². The minimum Gasteiger partial charge on any atom is -0.457 e. The lowest BCUT2D eigenvalue weighted by Crippen LogP contribution is -2.09. The monoisotopic (exact) mass is 433 g/mol. The molecule has 6 nitrogen and oxygen atoms in total. The number of hydrogen-bond donors (Lipinski definition) is 1. The summed E-state index contributed by atoms with van der Waals surface area (Å²) >= 11 is 0. The van der Waals surface area contributed by atoms with Crippen LogP contribution in [0.1, 0.15) is 18.4 Å². The van der Waals surface area contributed by atoms with Gasteiger partial charge >= 0.3 is 0 Å². The van der Waals surface area contributed by atoms with Crippen molar-refractivity contribution < 1.29 is 22.8 Å². The number of carbonyl (C=O) groups excluding carboxylic acids is 1. The van der Waals surface area contributed by atoms with Gasteiger partial charge in [0.05, 0.1) is 0 Å². The van der Waals surface area contributed by atoms with E-state index in [4.69, 9.17) is 9.26 Å². The van der Waals surface area contributed by atoms with Gasteiger partial charge in [-0.1, -0.05) is 5.16 Å². The Labute approximate surface area is 181 Å². The molecule has 1 amide bonds. The number of anilines is 1. The average molecular weight is 433 g/mol. The Hall–Kier alpha value is -4.07. The number of fused-ring (bicyclic) bond motifs is 1. The highest BCUT2D eigenvalue weighted by molar-refractivity contribution is 5.92. The molecule has 0 spiro atoms. The molecule has 0 saturated heterocycles. The van der Waals surface area contributed by atoms with Crippen molar-refractivity contribution in [3.63, 3.8) is 0 Å². The minimum absolute atomic E-state index is 0.0218. The lowest BCUT2D eigenvalue weighted by atomic mass is 10.0. The van der Waals surface area contributed by atoms with Crippen LogP contribution >= 0.6 is 0 Å². The van der Waals surface area contributed by atoms with Crippen molar-refractivity contribution in [1.29, 1.82) is 0 Å². The SMILES string of the molecule is O=C1CCCc2cc(-c3nc(-c4ccc(Oc5ccc(F)c(F)c5)cc4)no3)ccc2N1. The molecule has 1 aliphatic rings. The Morgan fingerprint density at radius 3 is 2.47 bits per heavy atom. The second-order valence-electron chi connectivity index (χ2n) is 7.40. The predicted octanol–water partition coefficient (Wildman–Crippen LogP) is 5.75. The van der Waals surface area contributed by atoms with Gasteiger partial charge in [0.2, 0.25) is 11.7 Å². The zero-order chi connectivity index (χ0) is 22.1. The number of ether oxygens (including phenoxy) is 1. The van der Waals surface area contributed by atoms with Gasteiger partial charge in [-0.25, -0.2) is 8.78 Å². The van der Waals surface area contributed by atoms with Crippen LogP contribution in [-0.2, 0) is 11.2 Å². The molecule has 0 radical (unpaired) electrons. The van der Waals surface area contributed by atoms with Crippen LogP contribution in [0.4, 0.5) is 14.5 Å². The van der Waals surface area contributed by atoms with E-state index in [9.17, 15) is 13.6 Å². The largest absolute Gasteiger partial charge is 0.457 e. The quantitative estimate of drug-likeness (QED) is 0.444. The van der Waals surface area contributed by atoms with Crippen LogP contribution in [0.15, 0.2) is 65.2 Å². The first kappa shape index (κ1) is 19.9. The number of carbonyl (C=O) groups is 1. The number of aromatic nitrogens is 2. The fourth-order valence-electron chi connectivity index (χ4n) is 3.51. The summed E-state index contributed by atoms with van der Waals surface area (Å²) in [6.45, 7) is 0. The zero-order valence-corrected chi connectivity index (χ0v) is 16.8. The average Bonchev–Trinajstić information content (AvgIpc) is 3.20. The molecule has 0 aliphatic carbocycles. The van der Waals surface area contributed by atoms with Crippen LogP contribution in [-0.4, -0.2) is 16.0 Å². The summed E-state index contributed by atoms with van der Waals surface area (Å²) in [5.41, 5.74) is 3.33. The summed E-state index contributed by atoms with van der Waals surface area (Å²) in [5, 5.41) is 6.96. The number of rotatable bonds is 4. The fourth-order valence-corrected chi connectivity index (χ4v) is 3.51. The van der Waals surface area contributed by atoms with Gasteiger partial charge in [0, 0.05) is 29.3 Å². The smallest absolute Gasteiger partial charge is 0.258 e. The van der Waals surface area contributed by atoms with Gasteiger partial charge in [0.1, 0.15) is 11.5 Å². The third-order valence-electron chi connectivity index (χ3n) is 5.14. The lowest BCUT2D eigenvalue weighted by Gasteiger charge is -2.07. The maximum atomic E-state index is 13.3. The molecule has 0 atom stereocenters. The zero-order valence-electron chi connectivity index (χ0n) is 16.8. The van der Waals surface area contributed by atoms with Gasteiger partial charge in [-0.2, -0.15) is 4.98 Å². The molecule has 3 aromatic carbocycles. The summed E-state index contributed by atoms with van der Waals surface area (Å²) in [7, 11) is 0. The van der Waals surface area contributed by atoms with Gasteiger partial charge in [-0.3, -0.25) is 4.79 Å². The van der Waals surface area contributed by atoms with E-state index >= 15 is 0 Å². The standard InChI is InChI=1S/C24H17F2N3O3/c25-19-10-9-18(13-20(19)26)31-17-7-4-14(5-8-17)23-28-24(32-29-23)16-6-11-21-15(12-16)2-1-3-22(30)27-21/h4-13H,1-3H2,(H,27,30). The lowest BCUT2D eigenvalue weighted by molar-refractivity contribution is -0.116. The van der Waals surface area contributed by atoms with Crippen molar-refractivity contribution >= 4 is 11.6 Å². The molecule has 160 valence electrons. The van der Waals surface area contributed by atoms with Gasteiger partial charge in [-0.05, 0) is 73.0 Å². The summed E-state index contributed by atoms with van der Waals surface area (Å²) in [6.07, 6.45) is 2.09. The molecule has 5 rings (SSSR count). The molecule has 0 unspecified atom stereocenters. The molecule has 8 heteroatoms. The maximum Gasteiger partial charge on any atom is 0.258 e. The van der Waals surface area contributed by atoms with E-state index in [1.54, 1.807) is 24.3 Å². The third-order valence-corrected chi connectivity index (χ3v) is 5.14. The van der Waals surface area contributed by atoms with E-state index in [2.05, 4.69) is 15.5 Å². The number of nitrogens with zero attached hydrogens (tertiary/aromatic N) is 2. The number of halogens is 2. The van der Waals surface area contributed by atoms with Crippen molar-refractivity contribution in [2.45, 2.75) is 19.3 Å². The highest BCUT2D eigenvalue weighted by Gasteiger charge is 2.16. The molecular formula is C24H17F2N3O3. The number of aryl methyl sites for hydroxylation is 1. The second-order valence-corrected chi connectivity index (χ2v) is 7.40. The summed E-state index contributed by atoms with van der Waals surface area (Å²) in [5.74, 6) is -0.454. The van der Waals surface area contributed by atoms with Crippen LogP contribution in [0.5, 0.6) is 11.5 Å². The Balaban J connectivity index is 1.34. The van der Waals surface area contributed by atoms with Crippen LogP contribution in [0.2, 0.25) is 0 Å². The first-order valence-electron chi connectivity index (χ1n) is 10.1. The van der Waals surface area contributed by atoms with Gasteiger partial charge in [0.15, 0.2) is 11.6 Å². The molecule has 2 heterocycles. The summed E-state index contributed by atoms with van der Waals surface area (Å²) in [4.78, 5) is 16.2. The highest BCUT2D eigenvalue weighted by atomic mass is 19.2. The number of benzene rings is 3. The molecule has 1 aromatic heterocycles. The molecule has 0 saturated carbocycles. The number of amides is 1. The van der Waals surface area contributed by atoms with Crippen molar-refractivity contribution in [1.82, 2.24) is 10.1 Å². The Morgan fingerprint density at radius 1 is 0.875 bits per heavy atom. The van der Waals surface area contributed by atoms with E-state index in [0.717, 1.165) is 41.8 Å². The van der Waals surface area contributed by atoms with Crippen molar-refractivity contribution in [2.75, 3.05) is 5.32 Å². The molecule has 0 fully saturated rings. The Kier molecular flexibility index (Phi) is 5.10. The van der Waals surface area contributed by atoms with E-state index in [0.29, 0.717) is 29.4 Å². The maximum absolute atomic E-state index is 13.3. The van der Waals surface area contributed by atoms with Crippen LogP contribution in [0.25, 0.3) is 22.8 Å². The van der Waals surface area contributed by atoms with E-state index < -0.39 is 11.6 Å². The third kappa shape index (κ3) is 4.07. The van der Waals surface area contributed by atoms with Crippen molar-refractivity contribution in [3.05, 3.63) is 77.9 Å². The molecule has 32 heavy (non-hydrogen) atoms. The van der Waals surface area contributed by atoms with Crippen LogP contribution in [0, 0.1) is 11.6 Å². The van der Waals surface area contributed by atoms with E-state index in [1.165, 1.54) is 6.07 Å². The number of nitrogens with one attached hydrogen (secondary N) is 1. The van der Waals surface area contributed by atoms with E-state index in [1.807, 2.05) is 18.2 Å². The molecular weight excluding hydrogens is 416 g/mol. The normalized spacial score (nSPS) is 13.2. The topological polar surface area (TPSA) is 77.2 Å².